The van der Waals surface area contributed by atoms with Gasteiger partial charge in [-0.2, -0.15) is 0 Å². The lowest BCUT2D eigenvalue weighted by Crippen LogP contribution is -2.42. The lowest BCUT2D eigenvalue weighted by Gasteiger charge is -2.07. The van der Waals surface area contributed by atoms with E-state index in [4.69, 9.17) is 11.5 Å². The Hall–Kier alpha value is -2.67. The van der Waals surface area contributed by atoms with E-state index in [2.05, 4.69) is 32.9 Å². The van der Waals surface area contributed by atoms with Crippen LogP contribution in [0.25, 0.3) is 0 Å². The lowest BCUT2D eigenvalue weighted by atomic mass is 10.2. The average molecular weight is 369 g/mol. The van der Waals surface area contributed by atoms with Crippen LogP contribution in [0.1, 0.15) is 22.8 Å². The zero-order valence-corrected chi connectivity index (χ0v) is 16.1. The number of aromatic nitrogens is 4. The molecular weight excluding hydrogens is 344 g/mol. The number of benzene rings is 1. The fourth-order valence-electron chi connectivity index (χ4n) is 2.63. The molecular formula is C19H24N6S+2. The van der Waals surface area contributed by atoms with Crippen molar-refractivity contribution in [3.63, 3.8) is 0 Å². The number of hydrogen-bond donors (Lipinski definition) is 2. The van der Waals surface area contributed by atoms with Crippen molar-refractivity contribution in [3.8, 4) is 0 Å². The number of nitrogens with zero attached hydrogens (tertiary/aromatic N) is 4. The summed E-state index contributed by atoms with van der Waals surface area (Å²) in [5.74, 6) is 3.60. The van der Waals surface area contributed by atoms with Crippen LogP contribution in [-0.2, 0) is 19.3 Å². The number of anilines is 2. The van der Waals surface area contributed by atoms with Crippen molar-refractivity contribution >= 4 is 23.4 Å². The molecule has 2 aromatic heterocycles. The first-order chi connectivity index (χ1) is 12.4. The van der Waals surface area contributed by atoms with Crippen LogP contribution in [0.5, 0.6) is 0 Å². The van der Waals surface area contributed by atoms with E-state index in [1.165, 1.54) is 4.90 Å². The standard InChI is InChI=1S/C19H22N6S/c1-13-22-18(20)15(9-24(13)3)10-25-11-16(19(21)23-14(25)2)12-26-17-7-5-4-6-8-17/h4-9,11,20-21H,10,12H2,1-3H3/p+2. The van der Waals surface area contributed by atoms with Gasteiger partial charge in [0.2, 0.25) is 11.6 Å². The molecule has 0 spiro atoms. The Morgan fingerprint density at radius 1 is 0.923 bits per heavy atom. The van der Waals surface area contributed by atoms with Crippen LogP contribution in [0.2, 0.25) is 0 Å². The fourth-order valence-corrected chi connectivity index (χ4v) is 3.52. The second-order valence-electron chi connectivity index (χ2n) is 6.24. The molecule has 0 unspecified atom stereocenters. The molecule has 0 aliphatic heterocycles. The molecule has 3 aromatic rings. The van der Waals surface area contributed by atoms with Gasteiger partial charge in [0.05, 0.1) is 12.6 Å². The maximum atomic E-state index is 6.14. The third kappa shape index (κ3) is 4.11. The molecule has 0 amide bonds. The molecule has 0 radical (unpaired) electrons. The molecule has 6 nitrogen and oxygen atoms in total. The number of hydrogen-bond acceptors (Lipinski definition) is 5. The highest BCUT2D eigenvalue weighted by molar-refractivity contribution is 7.98. The van der Waals surface area contributed by atoms with Crippen LogP contribution < -0.4 is 20.6 Å². The van der Waals surface area contributed by atoms with E-state index in [0.29, 0.717) is 18.2 Å². The molecule has 0 aliphatic rings. The molecule has 0 bridgehead atoms. The Morgan fingerprint density at radius 3 is 2.31 bits per heavy atom. The molecule has 2 heterocycles. The Bertz CT molecular complexity index is 927. The van der Waals surface area contributed by atoms with E-state index in [1.54, 1.807) is 11.8 Å². The molecule has 1 aromatic carbocycles. The van der Waals surface area contributed by atoms with Gasteiger partial charge in [0.15, 0.2) is 0 Å². The molecule has 0 aliphatic carbocycles. The highest BCUT2D eigenvalue weighted by Gasteiger charge is 2.19. The summed E-state index contributed by atoms with van der Waals surface area (Å²) in [4.78, 5) is 10.1. The third-order valence-corrected chi connectivity index (χ3v) is 5.35. The second-order valence-corrected chi connectivity index (χ2v) is 7.29. The van der Waals surface area contributed by atoms with Gasteiger partial charge in [-0.25, -0.2) is 9.13 Å². The minimum atomic E-state index is 0.546. The third-order valence-electron chi connectivity index (χ3n) is 4.29. The first-order valence-corrected chi connectivity index (χ1v) is 9.37. The van der Waals surface area contributed by atoms with Crippen molar-refractivity contribution in [1.82, 2.24) is 9.97 Å². The molecule has 26 heavy (non-hydrogen) atoms. The molecule has 0 saturated carbocycles. The minimum absolute atomic E-state index is 0.546. The van der Waals surface area contributed by atoms with Gasteiger partial charge in [-0.15, -0.1) is 11.8 Å². The zero-order chi connectivity index (χ0) is 18.7. The Balaban J connectivity index is 1.85. The predicted octanol–water partition coefficient (Wildman–Crippen LogP) is 1.71. The van der Waals surface area contributed by atoms with Crippen molar-refractivity contribution in [2.75, 3.05) is 11.5 Å². The molecule has 0 fully saturated rings. The van der Waals surface area contributed by atoms with Gasteiger partial charge in [0.1, 0.15) is 24.5 Å². The number of nitrogen functional groups attached to an aromatic ring is 2. The van der Waals surface area contributed by atoms with Crippen LogP contribution in [0, 0.1) is 13.8 Å². The maximum Gasteiger partial charge on any atom is 0.298 e. The van der Waals surface area contributed by atoms with Crippen molar-refractivity contribution < 1.29 is 9.13 Å². The maximum absolute atomic E-state index is 6.14. The summed E-state index contributed by atoms with van der Waals surface area (Å²) in [5.41, 5.74) is 14.2. The average Bonchev–Trinajstić information content (AvgIpc) is 2.61. The van der Waals surface area contributed by atoms with Gasteiger partial charge in [0.25, 0.3) is 11.6 Å². The van der Waals surface area contributed by atoms with Crippen LogP contribution in [0.4, 0.5) is 11.6 Å². The Morgan fingerprint density at radius 2 is 1.58 bits per heavy atom. The zero-order valence-electron chi connectivity index (χ0n) is 15.3. The summed E-state index contributed by atoms with van der Waals surface area (Å²) in [6.07, 6.45) is 4.08. The normalized spacial score (nSPS) is 10.9. The van der Waals surface area contributed by atoms with Crippen molar-refractivity contribution in [2.45, 2.75) is 31.0 Å². The van der Waals surface area contributed by atoms with Gasteiger partial charge >= 0.3 is 0 Å². The van der Waals surface area contributed by atoms with E-state index < -0.39 is 0 Å². The van der Waals surface area contributed by atoms with Crippen molar-refractivity contribution in [2.24, 2.45) is 7.05 Å². The van der Waals surface area contributed by atoms with Crippen molar-refractivity contribution in [1.29, 1.82) is 0 Å². The van der Waals surface area contributed by atoms with E-state index >= 15 is 0 Å². The smallest absolute Gasteiger partial charge is 0.298 e. The summed E-state index contributed by atoms with van der Waals surface area (Å²) < 4.78 is 4.04. The molecule has 0 atom stereocenters. The number of nitrogens with two attached hydrogens (primary N) is 2. The van der Waals surface area contributed by atoms with Crippen LogP contribution in [0.15, 0.2) is 47.6 Å². The first kappa shape index (κ1) is 18.1. The highest BCUT2D eigenvalue weighted by Crippen LogP contribution is 2.23. The molecule has 0 saturated heterocycles. The summed E-state index contributed by atoms with van der Waals surface area (Å²) in [6.45, 7) is 4.49. The fraction of sp³-hybridized carbons (Fsp3) is 0.263. The van der Waals surface area contributed by atoms with Gasteiger partial charge in [0, 0.05) is 24.5 Å². The monoisotopic (exact) mass is 368 g/mol. The number of thioether (sulfide) groups is 1. The summed E-state index contributed by atoms with van der Waals surface area (Å²) in [7, 11) is 1.96. The molecule has 7 heteroatoms. The highest BCUT2D eigenvalue weighted by atomic mass is 32.2. The first-order valence-electron chi connectivity index (χ1n) is 8.39. The van der Waals surface area contributed by atoms with E-state index in [-0.39, 0.29) is 0 Å². The largest absolute Gasteiger partial charge is 0.363 e. The summed E-state index contributed by atoms with van der Waals surface area (Å²) in [6, 6.07) is 10.3. The molecule has 4 N–H and O–H groups in total. The lowest BCUT2D eigenvalue weighted by molar-refractivity contribution is -0.704. The van der Waals surface area contributed by atoms with Gasteiger partial charge in [-0.05, 0) is 22.1 Å². The van der Waals surface area contributed by atoms with E-state index in [9.17, 15) is 0 Å². The summed E-state index contributed by atoms with van der Waals surface area (Å²) in [5, 5.41) is 0. The van der Waals surface area contributed by atoms with Crippen LogP contribution >= 0.6 is 11.8 Å². The predicted molar refractivity (Wildman–Crippen MR) is 103 cm³/mol. The van der Waals surface area contributed by atoms with E-state index in [0.717, 1.165) is 28.5 Å². The second kappa shape index (κ2) is 7.70. The Labute approximate surface area is 157 Å². The topological polar surface area (TPSA) is 85.6 Å². The van der Waals surface area contributed by atoms with Crippen LogP contribution in [0.3, 0.4) is 0 Å². The van der Waals surface area contributed by atoms with Gasteiger partial charge < -0.3 is 11.5 Å². The van der Waals surface area contributed by atoms with Crippen LogP contribution in [-0.4, -0.2) is 9.97 Å². The minimum Gasteiger partial charge on any atom is -0.363 e. The quantitative estimate of drug-likeness (QED) is 0.529. The van der Waals surface area contributed by atoms with Gasteiger partial charge in [-0.3, -0.25) is 0 Å². The summed E-state index contributed by atoms with van der Waals surface area (Å²) >= 11 is 1.74. The Kier molecular flexibility index (Phi) is 5.37. The van der Waals surface area contributed by atoms with Crippen molar-refractivity contribution in [3.05, 3.63) is 65.5 Å². The van der Waals surface area contributed by atoms with E-state index in [1.807, 2.05) is 49.9 Å². The number of aryl methyl sites for hydroxylation is 3. The number of rotatable bonds is 5. The van der Waals surface area contributed by atoms with Gasteiger partial charge in [-0.1, -0.05) is 18.2 Å². The molecule has 134 valence electrons. The molecule has 3 rings (SSSR count). The SMILES string of the molecule is Cc1nc(N)c(C[n+]2cc(CSc3ccccc3)c(N)nc2C)c[n+]1C.